The van der Waals surface area contributed by atoms with Crippen molar-refractivity contribution < 1.29 is 48.6 Å². The summed E-state index contributed by atoms with van der Waals surface area (Å²) < 4.78 is 144. The highest BCUT2D eigenvalue weighted by atomic mass is 19.2. The lowest BCUT2D eigenvalue weighted by Gasteiger charge is -2.35. The molecule has 2 aromatic carbocycles. The molecule has 0 atom stereocenters. The molecule has 0 bridgehead atoms. The Labute approximate surface area is 156 Å². The molecule has 0 saturated carbocycles. The quantitative estimate of drug-likeness (QED) is 0.402. The van der Waals surface area contributed by atoms with Crippen LogP contribution in [0.5, 0.6) is 0 Å². The Morgan fingerprint density at radius 3 is 1.07 bits per heavy atom. The van der Waals surface area contributed by atoms with E-state index in [1.807, 2.05) is 0 Å². The van der Waals surface area contributed by atoms with Crippen LogP contribution < -0.4 is 0 Å². The number of halogens is 10. The molecule has 3 rings (SSSR count). The minimum Gasteiger partial charge on any atom is -0.379 e. The van der Waals surface area contributed by atoms with E-state index in [9.17, 15) is 43.9 Å². The van der Waals surface area contributed by atoms with Gasteiger partial charge in [0.2, 0.25) is 11.6 Å². The molecule has 158 valence electrons. The van der Waals surface area contributed by atoms with E-state index in [1.165, 1.54) is 0 Å². The maximum atomic E-state index is 14.4. The number of rotatable bonds is 3. The van der Waals surface area contributed by atoms with Gasteiger partial charge in [-0.25, -0.2) is 43.9 Å². The molecule has 1 fully saturated rings. The monoisotopic (exact) mass is 433 g/mol. The Bertz CT molecular complexity index is 846. The molecule has 1 saturated heterocycles. The summed E-state index contributed by atoms with van der Waals surface area (Å²) in [4.78, 5) is 0.792. The summed E-state index contributed by atoms with van der Waals surface area (Å²) in [6, 6.07) is -2.51. The first-order chi connectivity index (χ1) is 13.6. The van der Waals surface area contributed by atoms with Crippen LogP contribution in [-0.2, 0) is 4.74 Å². The maximum absolute atomic E-state index is 14.4. The van der Waals surface area contributed by atoms with Crippen molar-refractivity contribution in [2.75, 3.05) is 26.3 Å². The van der Waals surface area contributed by atoms with Crippen molar-refractivity contribution >= 4 is 0 Å². The number of benzene rings is 2. The van der Waals surface area contributed by atoms with Crippen LogP contribution in [0, 0.1) is 58.2 Å². The molecule has 2 nitrogen and oxygen atoms in total. The van der Waals surface area contributed by atoms with Gasteiger partial charge >= 0.3 is 0 Å². The summed E-state index contributed by atoms with van der Waals surface area (Å²) in [5.74, 6) is -24.6. The summed E-state index contributed by atoms with van der Waals surface area (Å²) in [7, 11) is 0. The summed E-state index contributed by atoms with van der Waals surface area (Å²) in [6.45, 7) is -1.10. The van der Waals surface area contributed by atoms with Gasteiger partial charge in [-0.3, -0.25) is 4.90 Å². The van der Waals surface area contributed by atoms with E-state index in [4.69, 9.17) is 4.74 Å². The van der Waals surface area contributed by atoms with Crippen LogP contribution in [0.4, 0.5) is 43.9 Å². The fourth-order valence-electron chi connectivity index (χ4n) is 3.07. The van der Waals surface area contributed by atoms with Gasteiger partial charge in [-0.15, -0.1) is 0 Å². The van der Waals surface area contributed by atoms with E-state index in [0.29, 0.717) is 0 Å². The van der Waals surface area contributed by atoms with Gasteiger partial charge in [0.25, 0.3) is 0 Å². The van der Waals surface area contributed by atoms with Gasteiger partial charge in [-0.05, 0) is 0 Å². The van der Waals surface area contributed by atoms with E-state index >= 15 is 0 Å². The zero-order valence-electron chi connectivity index (χ0n) is 14.0. The summed E-state index contributed by atoms with van der Waals surface area (Å²) in [5.41, 5.74) is -3.49. The highest BCUT2D eigenvalue weighted by Crippen LogP contribution is 2.39. The highest BCUT2D eigenvalue weighted by Gasteiger charge is 2.40. The lowest BCUT2D eigenvalue weighted by molar-refractivity contribution is 0.0207. The third-order valence-electron chi connectivity index (χ3n) is 4.45. The van der Waals surface area contributed by atoms with Crippen LogP contribution in [0.15, 0.2) is 0 Å². The molecule has 1 aliphatic heterocycles. The van der Waals surface area contributed by atoms with Gasteiger partial charge in [0.05, 0.1) is 30.4 Å². The van der Waals surface area contributed by atoms with Crippen LogP contribution in [0.3, 0.4) is 0 Å². The molecule has 2 aromatic rings. The van der Waals surface area contributed by atoms with E-state index in [1.54, 1.807) is 0 Å². The Hall–Kier alpha value is -2.34. The largest absolute Gasteiger partial charge is 0.379 e. The van der Waals surface area contributed by atoms with Crippen LogP contribution in [0.1, 0.15) is 17.2 Å². The fourth-order valence-corrected chi connectivity index (χ4v) is 3.07. The van der Waals surface area contributed by atoms with Crippen molar-refractivity contribution in [3.8, 4) is 0 Å². The molecule has 1 aliphatic rings. The first kappa shape index (κ1) is 21.4. The van der Waals surface area contributed by atoms with Crippen molar-refractivity contribution in [3.05, 3.63) is 69.3 Å². The third-order valence-corrected chi connectivity index (χ3v) is 4.45. The Balaban J connectivity index is 2.39. The molecule has 0 radical (unpaired) electrons. The van der Waals surface area contributed by atoms with Crippen LogP contribution >= 0.6 is 0 Å². The van der Waals surface area contributed by atoms with Crippen molar-refractivity contribution in [3.63, 3.8) is 0 Å². The molecule has 0 aliphatic carbocycles. The second kappa shape index (κ2) is 7.82. The summed E-state index contributed by atoms with van der Waals surface area (Å²) in [6.07, 6.45) is 0. The lowest BCUT2D eigenvalue weighted by atomic mass is 9.93. The maximum Gasteiger partial charge on any atom is 0.200 e. The second-order valence-corrected chi connectivity index (χ2v) is 6.02. The molecule has 0 N–H and O–H groups in total. The number of nitrogens with zero attached hydrogens (tertiary/aromatic N) is 1. The minimum absolute atomic E-state index is 0.193. The smallest absolute Gasteiger partial charge is 0.200 e. The Morgan fingerprint density at radius 1 is 0.483 bits per heavy atom. The topological polar surface area (TPSA) is 12.5 Å². The molecule has 1 heterocycles. The van der Waals surface area contributed by atoms with E-state index < -0.39 is 75.3 Å². The average molecular weight is 433 g/mol. The molecular weight excluding hydrogens is 424 g/mol. The van der Waals surface area contributed by atoms with Gasteiger partial charge in [-0.2, -0.15) is 0 Å². The Morgan fingerprint density at radius 2 is 0.759 bits per heavy atom. The van der Waals surface area contributed by atoms with E-state index in [-0.39, 0.29) is 26.3 Å². The molecule has 0 aromatic heterocycles. The standard InChI is InChI=1S/C17H9F10NO/c18-7-5(8(19)12(23)15(26)11(7)22)17(28-1-3-29-4-2-28)6-9(20)13(24)16(27)14(25)10(6)21/h17H,1-4H2. The SMILES string of the molecule is Fc1c(F)c(F)c(C(c2c(F)c(F)c(F)c(F)c2F)N2CCOCC2)c(F)c1F. The fraction of sp³-hybridized carbons (Fsp3) is 0.294. The Kier molecular flexibility index (Phi) is 5.77. The lowest BCUT2D eigenvalue weighted by Crippen LogP contribution is -2.41. The summed E-state index contributed by atoms with van der Waals surface area (Å²) >= 11 is 0. The predicted octanol–water partition coefficient (Wildman–Crippen LogP) is 4.50. The van der Waals surface area contributed by atoms with Gasteiger partial charge in [-0.1, -0.05) is 0 Å². The first-order valence-corrected chi connectivity index (χ1v) is 7.94. The normalized spacial score (nSPS) is 15.4. The van der Waals surface area contributed by atoms with Crippen molar-refractivity contribution in [1.29, 1.82) is 0 Å². The highest BCUT2D eigenvalue weighted by molar-refractivity contribution is 5.38. The molecule has 0 spiro atoms. The van der Waals surface area contributed by atoms with Gasteiger partial charge in [0, 0.05) is 13.1 Å². The molecule has 29 heavy (non-hydrogen) atoms. The van der Waals surface area contributed by atoms with E-state index in [0.717, 1.165) is 4.90 Å². The van der Waals surface area contributed by atoms with Crippen LogP contribution in [0.2, 0.25) is 0 Å². The third kappa shape index (κ3) is 3.33. The number of morpholine rings is 1. The van der Waals surface area contributed by atoms with Gasteiger partial charge in [0.15, 0.2) is 46.5 Å². The average Bonchev–Trinajstić information content (AvgIpc) is 2.73. The molecular formula is C17H9F10NO. The van der Waals surface area contributed by atoms with E-state index in [2.05, 4.69) is 0 Å². The van der Waals surface area contributed by atoms with Crippen molar-refractivity contribution in [2.45, 2.75) is 6.04 Å². The number of hydrogen-bond donors (Lipinski definition) is 0. The second-order valence-electron chi connectivity index (χ2n) is 6.02. The first-order valence-electron chi connectivity index (χ1n) is 7.94. The van der Waals surface area contributed by atoms with Gasteiger partial charge in [0.1, 0.15) is 0 Å². The number of ether oxygens (including phenoxy) is 1. The number of hydrogen-bond acceptors (Lipinski definition) is 2. The minimum atomic E-state index is -2.54. The predicted molar refractivity (Wildman–Crippen MR) is 76.7 cm³/mol. The van der Waals surface area contributed by atoms with Crippen LogP contribution in [-0.4, -0.2) is 31.2 Å². The van der Waals surface area contributed by atoms with Crippen molar-refractivity contribution in [1.82, 2.24) is 4.90 Å². The van der Waals surface area contributed by atoms with Crippen molar-refractivity contribution in [2.24, 2.45) is 0 Å². The summed E-state index contributed by atoms with van der Waals surface area (Å²) in [5, 5.41) is 0. The molecule has 0 unspecified atom stereocenters. The van der Waals surface area contributed by atoms with Crippen LogP contribution in [0.25, 0.3) is 0 Å². The molecule has 12 heteroatoms. The van der Waals surface area contributed by atoms with Gasteiger partial charge < -0.3 is 4.74 Å². The zero-order valence-corrected chi connectivity index (χ0v) is 14.0. The zero-order chi connectivity index (χ0) is 21.6. The molecule has 0 amide bonds.